The normalized spacial score (nSPS) is 17.6. The molecular formula is C14H9NO3. The Morgan fingerprint density at radius 1 is 1.06 bits per heavy atom. The van der Waals surface area contributed by atoms with Gasteiger partial charge in [-0.15, -0.1) is 0 Å². The second-order valence-electron chi connectivity index (χ2n) is 4.71. The molecule has 1 aromatic heterocycles. The lowest BCUT2D eigenvalue weighted by atomic mass is 9.91. The molecule has 4 heteroatoms. The van der Waals surface area contributed by atoms with E-state index in [-0.39, 0.29) is 5.69 Å². The topological polar surface area (TPSA) is 60.2 Å². The molecule has 0 saturated heterocycles. The highest BCUT2D eigenvalue weighted by Gasteiger charge is 2.38. The molecule has 0 bridgehead atoms. The van der Waals surface area contributed by atoms with E-state index >= 15 is 0 Å². The lowest BCUT2D eigenvalue weighted by Crippen LogP contribution is -2.20. The number of aromatic nitrogens is 1. The SMILES string of the molecule is O=C1C(=O)c2nc(C3CC3)oc2-c2ccccc21. The van der Waals surface area contributed by atoms with Crippen LogP contribution in [-0.4, -0.2) is 16.6 Å². The number of oxazole rings is 1. The lowest BCUT2D eigenvalue weighted by molar-refractivity contribution is 0.0812. The average molecular weight is 239 g/mol. The first kappa shape index (κ1) is 9.76. The van der Waals surface area contributed by atoms with Crippen molar-refractivity contribution >= 4 is 11.6 Å². The van der Waals surface area contributed by atoms with E-state index in [2.05, 4.69) is 4.98 Å². The number of ketones is 2. The van der Waals surface area contributed by atoms with Crippen molar-refractivity contribution in [1.29, 1.82) is 0 Å². The van der Waals surface area contributed by atoms with Crippen LogP contribution >= 0.6 is 0 Å². The van der Waals surface area contributed by atoms with Crippen LogP contribution in [0.25, 0.3) is 11.3 Å². The van der Waals surface area contributed by atoms with Gasteiger partial charge < -0.3 is 4.42 Å². The van der Waals surface area contributed by atoms with Gasteiger partial charge in [0.2, 0.25) is 5.78 Å². The zero-order chi connectivity index (χ0) is 12.3. The molecule has 4 rings (SSSR count). The summed E-state index contributed by atoms with van der Waals surface area (Å²) >= 11 is 0. The van der Waals surface area contributed by atoms with Crippen LogP contribution < -0.4 is 0 Å². The second kappa shape index (κ2) is 3.16. The van der Waals surface area contributed by atoms with Gasteiger partial charge in [-0.1, -0.05) is 24.3 Å². The highest BCUT2D eigenvalue weighted by Crippen LogP contribution is 2.43. The van der Waals surface area contributed by atoms with Gasteiger partial charge in [-0.05, 0) is 12.8 Å². The first-order valence-corrected chi connectivity index (χ1v) is 5.95. The maximum Gasteiger partial charge on any atom is 0.255 e. The quantitative estimate of drug-likeness (QED) is 0.717. The number of carbonyl (C=O) groups is 2. The molecule has 18 heavy (non-hydrogen) atoms. The van der Waals surface area contributed by atoms with E-state index in [4.69, 9.17) is 4.42 Å². The molecule has 0 unspecified atom stereocenters. The Balaban J connectivity index is 2.00. The van der Waals surface area contributed by atoms with Crippen molar-refractivity contribution in [3.63, 3.8) is 0 Å². The second-order valence-corrected chi connectivity index (χ2v) is 4.71. The van der Waals surface area contributed by atoms with Crippen LogP contribution in [0.1, 0.15) is 45.5 Å². The zero-order valence-electron chi connectivity index (χ0n) is 9.47. The predicted molar refractivity (Wildman–Crippen MR) is 62.6 cm³/mol. The minimum Gasteiger partial charge on any atom is -0.440 e. The third-order valence-corrected chi connectivity index (χ3v) is 3.41. The number of nitrogens with zero attached hydrogens (tertiary/aromatic N) is 1. The molecule has 2 aromatic rings. The van der Waals surface area contributed by atoms with E-state index in [9.17, 15) is 9.59 Å². The number of fused-ring (bicyclic) bond motifs is 3. The minimum atomic E-state index is -0.556. The fourth-order valence-electron chi connectivity index (χ4n) is 2.29. The third kappa shape index (κ3) is 1.17. The molecule has 88 valence electrons. The van der Waals surface area contributed by atoms with Gasteiger partial charge in [0.25, 0.3) is 5.78 Å². The highest BCUT2D eigenvalue weighted by atomic mass is 16.4. The smallest absolute Gasteiger partial charge is 0.255 e. The van der Waals surface area contributed by atoms with Crippen molar-refractivity contribution in [1.82, 2.24) is 4.98 Å². The van der Waals surface area contributed by atoms with Gasteiger partial charge >= 0.3 is 0 Å². The van der Waals surface area contributed by atoms with E-state index in [0.717, 1.165) is 12.8 Å². The molecular weight excluding hydrogens is 230 g/mol. The van der Waals surface area contributed by atoms with E-state index in [1.165, 1.54) is 0 Å². The van der Waals surface area contributed by atoms with E-state index in [0.29, 0.717) is 28.7 Å². The first-order chi connectivity index (χ1) is 8.75. The van der Waals surface area contributed by atoms with E-state index in [1.807, 2.05) is 6.07 Å². The van der Waals surface area contributed by atoms with Gasteiger partial charge in [-0.2, -0.15) is 0 Å². The summed E-state index contributed by atoms with van der Waals surface area (Å²) in [6.07, 6.45) is 2.09. The summed E-state index contributed by atoms with van der Waals surface area (Å²) in [5.41, 5.74) is 1.27. The number of hydrogen-bond donors (Lipinski definition) is 0. The van der Waals surface area contributed by atoms with Crippen LogP contribution in [0.5, 0.6) is 0 Å². The van der Waals surface area contributed by atoms with Gasteiger partial charge in [-0.3, -0.25) is 9.59 Å². The van der Waals surface area contributed by atoms with Crippen molar-refractivity contribution in [2.45, 2.75) is 18.8 Å². The van der Waals surface area contributed by atoms with Crippen LogP contribution in [-0.2, 0) is 0 Å². The molecule has 0 spiro atoms. The molecule has 4 nitrogen and oxygen atoms in total. The molecule has 0 amide bonds. The fourth-order valence-corrected chi connectivity index (χ4v) is 2.29. The van der Waals surface area contributed by atoms with Crippen molar-refractivity contribution in [3.8, 4) is 11.3 Å². The number of carbonyl (C=O) groups excluding carboxylic acids is 2. The summed E-state index contributed by atoms with van der Waals surface area (Å²) in [6.45, 7) is 0. The van der Waals surface area contributed by atoms with Crippen molar-refractivity contribution in [3.05, 3.63) is 41.4 Å². The first-order valence-electron chi connectivity index (χ1n) is 5.95. The lowest BCUT2D eigenvalue weighted by Gasteiger charge is -2.10. The van der Waals surface area contributed by atoms with Gasteiger partial charge in [0.15, 0.2) is 17.3 Å². The molecule has 2 aliphatic carbocycles. The van der Waals surface area contributed by atoms with Gasteiger partial charge in [0, 0.05) is 17.0 Å². The summed E-state index contributed by atoms with van der Waals surface area (Å²) in [7, 11) is 0. The van der Waals surface area contributed by atoms with E-state index in [1.54, 1.807) is 18.2 Å². The van der Waals surface area contributed by atoms with Crippen LogP contribution in [0.4, 0.5) is 0 Å². The van der Waals surface area contributed by atoms with Crippen molar-refractivity contribution in [2.75, 3.05) is 0 Å². The maximum absolute atomic E-state index is 12.0. The molecule has 0 N–H and O–H groups in total. The van der Waals surface area contributed by atoms with Crippen LogP contribution in [0, 0.1) is 0 Å². The van der Waals surface area contributed by atoms with Crippen LogP contribution in [0.2, 0.25) is 0 Å². The number of rotatable bonds is 1. The summed E-state index contributed by atoms with van der Waals surface area (Å²) in [6, 6.07) is 7.01. The Bertz CT molecular complexity index is 695. The molecule has 1 fully saturated rings. The molecule has 0 radical (unpaired) electrons. The molecule has 1 heterocycles. The summed E-state index contributed by atoms with van der Waals surface area (Å²) in [5, 5.41) is 0. The monoisotopic (exact) mass is 239 g/mol. The Hall–Kier alpha value is -2.23. The molecule has 2 aliphatic rings. The van der Waals surface area contributed by atoms with Crippen LogP contribution in [0.3, 0.4) is 0 Å². The Labute approximate surface area is 103 Å². The Kier molecular flexibility index (Phi) is 1.71. The summed E-state index contributed by atoms with van der Waals surface area (Å²) in [4.78, 5) is 28.1. The van der Waals surface area contributed by atoms with E-state index < -0.39 is 11.6 Å². The van der Waals surface area contributed by atoms with Crippen molar-refractivity contribution < 1.29 is 14.0 Å². The number of Topliss-reactive ketones (excluding diaryl/α,β-unsaturated/α-hetero) is 2. The molecule has 0 atom stereocenters. The van der Waals surface area contributed by atoms with Gasteiger partial charge in [-0.25, -0.2) is 4.98 Å². The average Bonchev–Trinajstić information content (AvgIpc) is 3.15. The Morgan fingerprint density at radius 2 is 1.78 bits per heavy atom. The van der Waals surface area contributed by atoms with Crippen LogP contribution in [0.15, 0.2) is 28.7 Å². The zero-order valence-corrected chi connectivity index (χ0v) is 9.47. The van der Waals surface area contributed by atoms with Gasteiger partial charge in [0.1, 0.15) is 0 Å². The molecule has 0 aliphatic heterocycles. The number of hydrogen-bond acceptors (Lipinski definition) is 4. The van der Waals surface area contributed by atoms with Crippen molar-refractivity contribution in [2.24, 2.45) is 0 Å². The third-order valence-electron chi connectivity index (χ3n) is 3.41. The Morgan fingerprint density at radius 3 is 2.50 bits per heavy atom. The highest BCUT2D eigenvalue weighted by molar-refractivity contribution is 6.52. The summed E-state index contributed by atoms with van der Waals surface area (Å²) < 4.78 is 5.69. The fraction of sp³-hybridized carbons (Fsp3) is 0.214. The predicted octanol–water partition coefficient (Wildman–Crippen LogP) is 2.60. The molecule has 1 aromatic carbocycles. The van der Waals surface area contributed by atoms with Gasteiger partial charge in [0.05, 0.1) is 0 Å². The standard InChI is InChI=1S/C14H9NO3/c16-11-8-3-1-2-4-9(8)13-10(12(11)17)15-14(18-13)7-5-6-7/h1-4,7H,5-6H2. The molecule has 1 saturated carbocycles. The number of benzene rings is 1. The maximum atomic E-state index is 12.0. The summed E-state index contributed by atoms with van der Waals surface area (Å²) in [5.74, 6) is 0.328. The minimum absolute atomic E-state index is 0.181. The largest absolute Gasteiger partial charge is 0.440 e.